The summed E-state index contributed by atoms with van der Waals surface area (Å²) in [4.78, 5) is 19.9. The minimum atomic E-state index is -0.0555. The molecule has 0 atom stereocenters. The third-order valence-electron chi connectivity index (χ3n) is 3.51. The first kappa shape index (κ1) is 15.9. The van der Waals surface area contributed by atoms with Crippen LogP contribution < -0.4 is 10.5 Å². The summed E-state index contributed by atoms with van der Waals surface area (Å²) in [5.41, 5.74) is 7.27. The van der Waals surface area contributed by atoms with E-state index in [0.29, 0.717) is 23.0 Å². The average molecular weight is 323 g/mol. The Morgan fingerprint density at radius 3 is 2.71 bits per heavy atom. The number of Topliss-reactive ketones (excluding diaryl/α,β-unsaturated/α-hetero) is 1. The zero-order valence-electron chi connectivity index (χ0n) is 13.2. The molecule has 0 aliphatic carbocycles. The molecular formula is C18H17N3O3. The molecule has 0 spiro atoms. The predicted octanol–water partition coefficient (Wildman–Crippen LogP) is 2.76. The third kappa shape index (κ3) is 3.49. The van der Waals surface area contributed by atoms with Gasteiger partial charge in [-0.1, -0.05) is 24.3 Å². The maximum absolute atomic E-state index is 11.7. The SMILES string of the molecule is COCC(=O)Cc1cc(Oc2ccc(N)c3ccccc23)ncn1. The number of ketones is 1. The Kier molecular flexibility index (Phi) is 4.67. The van der Waals surface area contributed by atoms with Crippen LogP contribution in [0.25, 0.3) is 10.8 Å². The molecule has 0 unspecified atom stereocenters. The molecule has 0 radical (unpaired) electrons. The number of benzene rings is 2. The molecule has 2 N–H and O–H groups in total. The Morgan fingerprint density at radius 1 is 1.12 bits per heavy atom. The fraction of sp³-hybridized carbons (Fsp3) is 0.167. The maximum atomic E-state index is 11.7. The van der Waals surface area contributed by atoms with Crippen LogP contribution >= 0.6 is 0 Å². The lowest BCUT2D eigenvalue weighted by atomic mass is 10.1. The molecule has 0 saturated carbocycles. The van der Waals surface area contributed by atoms with Crippen LogP contribution in [-0.4, -0.2) is 29.5 Å². The van der Waals surface area contributed by atoms with Gasteiger partial charge in [-0.2, -0.15) is 0 Å². The first-order valence-corrected chi connectivity index (χ1v) is 7.44. The Balaban J connectivity index is 1.87. The molecule has 24 heavy (non-hydrogen) atoms. The van der Waals surface area contributed by atoms with Crippen LogP contribution in [0.4, 0.5) is 5.69 Å². The first-order chi connectivity index (χ1) is 11.7. The number of carbonyl (C=O) groups is 1. The van der Waals surface area contributed by atoms with Gasteiger partial charge in [-0.05, 0) is 12.1 Å². The number of anilines is 1. The topological polar surface area (TPSA) is 87.3 Å². The van der Waals surface area contributed by atoms with Crippen molar-refractivity contribution in [1.29, 1.82) is 0 Å². The lowest BCUT2D eigenvalue weighted by molar-refractivity contribution is -0.122. The van der Waals surface area contributed by atoms with Crippen LogP contribution in [0.5, 0.6) is 11.6 Å². The van der Waals surface area contributed by atoms with Gasteiger partial charge in [0.05, 0.1) is 12.1 Å². The van der Waals surface area contributed by atoms with Crippen LogP contribution in [0.3, 0.4) is 0 Å². The summed E-state index contributed by atoms with van der Waals surface area (Å²) in [6.07, 6.45) is 1.56. The number of nitrogens with zero attached hydrogens (tertiary/aromatic N) is 2. The van der Waals surface area contributed by atoms with Gasteiger partial charge in [0.15, 0.2) is 5.78 Å². The number of carbonyl (C=O) groups excluding carboxylic acids is 1. The van der Waals surface area contributed by atoms with Gasteiger partial charge in [0, 0.05) is 29.6 Å². The van der Waals surface area contributed by atoms with Crippen LogP contribution in [0.1, 0.15) is 5.69 Å². The van der Waals surface area contributed by atoms with E-state index < -0.39 is 0 Å². The van der Waals surface area contributed by atoms with Crippen molar-refractivity contribution < 1.29 is 14.3 Å². The quantitative estimate of drug-likeness (QED) is 0.702. The van der Waals surface area contributed by atoms with Gasteiger partial charge in [-0.3, -0.25) is 4.79 Å². The maximum Gasteiger partial charge on any atom is 0.222 e. The van der Waals surface area contributed by atoms with Crippen molar-refractivity contribution in [1.82, 2.24) is 9.97 Å². The highest BCUT2D eigenvalue weighted by Gasteiger charge is 2.09. The number of fused-ring (bicyclic) bond motifs is 1. The van der Waals surface area contributed by atoms with E-state index in [1.165, 1.54) is 13.4 Å². The molecule has 3 rings (SSSR count). The highest BCUT2D eigenvalue weighted by Crippen LogP contribution is 2.32. The molecule has 0 saturated heterocycles. The molecule has 0 bridgehead atoms. The van der Waals surface area contributed by atoms with Gasteiger partial charge < -0.3 is 15.2 Å². The highest BCUT2D eigenvalue weighted by molar-refractivity contribution is 5.97. The largest absolute Gasteiger partial charge is 0.438 e. The summed E-state index contributed by atoms with van der Waals surface area (Å²) in [7, 11) is 1.48. The predicted molar refractivity (Wildman–Crippen MR) is 91.1 cm³/mol. The van der Waals surface area contributed by atoms with Crippen LogP contribution in [0, 0.1) is 0 Å². The van der Waals surface area contributed by atoms with Gasteiger partial charge in [0.2, 0.25) is 5.88 Å². The molecule has 6 heteroatoms. The standard InChI is InChI=1S/C18H17N3O3/c1-23-10-13(22)8-12-9-18(21-11-20-12)24-17-7-6-16(19)14-4-2-3-5-15(14)17/h2-7,9,11H,8,10,19H2,1H3. The van der Waals surface area contributed by atoms with Gasteiger partial charge in [0.25, 0.3) is 0 Å². The Morgan fingerprint density at radius 2 is 1.92 bits per heavy atom. The lowest BCUT2D eigenvalue weighted by Crippen LogP contribution is -2.10. The molecule has 2 aromatic carbocycles. The van der Waals surface area contributed by atoms with E-state index in [1.807, 2.05) is 24.3 Å². The van der Waals surface area contributed by atoms with Crippen molar-refractivity contribution in [3.8, 4) is 11.6 Å². The minimum absolute atomic E-state index is 0.0555. The second kappa shape index (κ2) is 7.06. The van der Waals surface area contributed by atoms with Crippen molar-refractivity contribution in [2.24, 2.45) is 0 Å². The fourth-order valence-electron chi connectivity index (χ4n) is 2.44. The number of nitrogens with two attached hydrogens (primary N) is 1. The highest BCUT2D eigenvalue weighted by atomic mass is 16.5. The van der Waals surface area contributed by atoms with Crippen LogP contribution in [0.15, 0.2) is 48.8 Å². The van der Waals surface area contributed by atoms with Crippen molar-refractivity contribution in [2.75, 3.05) is 19.5 Å². The monoisotopic (exact) mass is 323 g/mol. The molecule has 122 valence electrons. The molecule has 0 amide bonds. The summed E-state index contributed by atoms with van der Waals surface area (Å²) in [5.74, 6) is 0.966. The van der Waals surface area contributed by atoms with Crippen molar-refractivity contribution in [2.45, 2.75) is 6.42 Å². The van der Waals surface area contributed by atoms with Gasteiger partial charge in [-0.25, -0.2) is 9.97 Å². The molecule has 0 aliphatic heterocycles. The molecule has 1 heterocycles. The van der Waals surface area contributed by atoms with E-state index >= 15 is 0 Å². The van der Waals surface area contributed by atoms with Crippen LogP contribution in [-0.2, 0) is 16.0 Å². The summed E-state index contributed by atoms with van der Waals surface area (Å²) >= 11 is 0. The molecule has 1 aromatic heterocycles. The third-order valence-corrected chi connectivity index (χ3v) is 3.51. The van der Waals surface area contributed by atoms with Crippen molar-refractivity contribution in [3.63, 3.8) is 0 Å². The number of rotatable bonds is 6. The Hall–Kier alpha value is -2.99. The van der Waals surface area contributed by atoms with E-state index in [-0.39, 0.29) is 18.8 Å². The number of nitrogen functional groups attached to an aromatic ring is 1. The second-order valence-corrected chi connectivity index (χ2v) is 5.30. The molecule has 6 nitrogen and oxygen atoms in total. The molecule has 0 fully saturated rings. The summed E-state index contributed by atoms with van der Waals surface area (Å²) < 4.78 is 10.7. The van der Waals surface area contributed by atoms with Gasteiger partial charge in [0.1, 0.15) is 18.7 Å². The van der Waals surface area contributed by atoms with Crippen molar-refractivity contribution in [3.05, 3.63) is 54.5 Å². The van der Waals surface area contributed by atoms with E-state index in [2.05, 4.69) is 9.97 Å². The van der Waals surface area contributed by atoms with E-state index in [0.717, 1.165) is 10.8 Å². The molecule has 3 aromatic rings. The number of hydrogen-bond acceptors (Lipinski definition) is 6. The normalized spacial score (nSPS) is 10.7. The zero-order valence-corrected chi connectivity index (χ0v) is 13.2. The zero-order chi connectivity index (χ0) is 16.9. The number of aromatic nitrogens is 2. The van der Waals surface area contributed by atoms with Crippen molar-refractivity contribution >= 4 is 22.2 Å². The van der Waals surface area contributed by atoms with E-state index in [1.54, 1.807) is 18.2 Å². The molecular weight excluding hydrogens is 306 g/mol. The fourth-order valence-corrected chi connectivity index (χ4v) is 2.44. The average Bonchev–Trinajstić information content (AvgIpc) is 2.58. The summed E-state index contributed by atoms with van der Waals surface area (Å²) in [5, 5.41) is 1.81. The summed E-state index contributed by atoms with van der Waals surface area (Å²) in [6, 6.07) is 13.0. The van der Waals surface area contributed by atoms with E-state index in [9.17, 15) is 4.79 Å². The van der Waals surface area contributed by atoms with Crippen LogP contribution in [0.2, 0.25) is 0 Å². The summed E-state index contributed by atoms with van der Waals surface area (Å²) in [6.45, 7) is 0.0583. The van der Waals surface area contributed by atoms with Gasteiger partial charge >= 0.3 is 0 Å². The van der Waals surface area contributed by atoms with Gasteiger partial charge in [-0.15, -0.1) is 0 Å². The minimum Gasteiger partial charge on any atom is -0.438 e. The number of methoxy groups -OCH3 is 1. The Labute approximate surface area is 139 Å². The lowest BCUT2D eigenvalue weighted by Gasteiger charge is -2.10. The smallest absolute Gasteiger partial charge is 0.222 e. The van der Waals surface area contributed by atoms with E-state index in [4.69, 9.17) is 15.2 Å². The number of hydrogen-bond donors (Lipinski definition) is 1. The second-order valence-electron chi connectivity index (χ2n) is 5.30. The Bertz CT molecular complexity index is 880. The molecule has 0 aliphatic rings. The first-order valence-electron chi connectivity index (χ1n) is 7.44. The number of ether oxygens (including phenoxy) is 2.